The maximum absolute atomic E-state index is 11.2. The van der Waals surface area contributed by atoms with Crippen molar-refractivity contribution >= 4 is 11.7 Å². The number of nitrogens with zero attached hydrogens (tertiary/aromatic N) is 3. The van der Waals surface area contributed by atoms with Gasteiger partial charge in [-0.05, 0) is 12.1 Å². The van der Waals surface area contributed by atoms with Crippen molar-refractivity contribution in [3.63, 3.8) is 0 Å². The maximum atomic E-state index is 11.2. The number of hydrogen-bond acceptors (Lipinski definition) is 4. The van der Waals surface area contributed by atoms with E-state index in [9.17, 15) is 4.79 Å². The molecule has 1 aromatic rings. The second-order valence-electron chi connectivity index (χ2n) is 3.26. The van der Waals surface area contributed by atoms with Crippen LogP contribution in [0.3, 0.4) is 0 Å². The third kappa shape index (κ3) is 1.89. The highest BCUT2D eigenvalue weighted by Gasteiger charge is 2.19. The summed E-state index contributed by atoms with van der Waals surface area (Å²) >= 11 is 0. The highest BCUT2D eigenvalue weighted by molar-refractivity contribution is 5.82. The summed E-state index contributed by atoms with van der Waals surface area (Å²) in [6, 6.07) is 5.49. The normalized spacial score (nSPS) is 15.7. The number of nitriles is 1. The van der Waals surface area contributed by atoms with Crippen LogP contribution in [0.25, 0.3) is 0 Å². The maximum Gasteiger partial charge on any atom is 0.239 e. The third-order valence-corrected chi connectivity index (χ3v) is 2.25. The number of pyridine rings is 1. The Labute approximate surface area is 87.3 Å². The molecule has 0 atom stereocenters. The van der Waals surface area contributed by atoms with E-state index in [0.717, 1.165) is 0 Å². The van der Waals surface area contributed by atoms with Crippen molar-refractivity contribution < 1.29 is 4.79 Å². The van der Waals surface area contributed by atoms with Crippen LogP contribution in [0.4, 0.5) is 5.82 Å². The largest absolute Gasteiger partial charge is 0.353 e. The molecule has 1 amide bonds. The summed E-state index contributed by atoms with van der Waals surface area (Å²) in [4.78, 5) is 17.1. The van der Waals surface area contributed by atoms with E-state index >= 15 is 0 Å². The number of anilines is 1. The van der Waals surface area contributed by atoms with Gasteiger partial charge in [0.15, 0.2) is 0 Å². The van der Waals surface area contributed by atoms with E-state index in [1.807, 2.05) is 4.90 Å². The van der Waals surface area contributed by atoms with Gasteiger partial charge in [0.25, 0.3) is 0 Å². The number of piperazine rings is 1. The lowest BCUT2D eigenvalue weighted by Gasteiger charge is -2.27. The summed E-state index contributed by atoms with van der Waals surface area (Å²) in [5, 5.41) is 11.6. The van der Waals surface area contributed by atoms with E-state index in [1.54, 1.807) is 18.3 Å². The minimum Gasteiger partial charge on any atom is -0.353 e. The molecule has 1 fully saturated rings. The smallest absolute Gasteiger partial charge is 0.239 e. The predicted molar refractivity (Wildman–Crippen MR) is 54.2 cm³/mol. The SMILES string of the molecule is N#Cc1cccnc1N1CCNC(=O)C1. The molecule has 2 heterocycles. The van der Waals surface area contributed by atoms with Crippen LogP contribution in [0.2, 0.25) is 0 Å². The molecule has 0 radical (unpaired) electrons. The van der Waals surface area contributed by atoms with Crippen LogP contribution in [0.1, 0.15) is 5.56 Å². The molecule has 1 aromatic heterocycles. The van der Waals surface area contributed by atoms with Gasteiger partial charge in [-0.1, -0.05) is 0 Å². The molecule has 0 unspecified atom stereocenters. The second kappa shape index (κ2) is 3.96. The van der Waals surface area contributed by atoms with Gasteiger partial charge in [-0.3, -0.25) is 4.79 Å². The molecular formula is C10H10N4O. The molecule has 5 nitrogen and oxygen atoms in total. The van der Waals surface area contributed by atoms with E-state index in [1.165, 1.54) is 0 Å². The van der Waals surface area contributed by atoms with Crippen molar-refractivity contribution in [2.75, 3.05) is 24.5 Å². The first-order chi connectivity index (χ1) is 7.31. The van der Waals surface area contributed by atoms with Crippen LogP contribution in [-0.2, 0) is 4.79 Å². The van der Waals surface area contributed by atoms with Gasteiger partial charge in [-0.25, -0.2) is 4.98 Å². The Hall–Kier alpha value is -2.09. The van der Waals surface area contributed by atoms with Gasteiger partial charge in [0.1, 0.15) is 11.9 Å². The standard InChI is InChI=1S/C10H10N4O/c11-6-8-2-1-3-13-10(8)14-5-4-12-9(15)7-14/h1-3H,4-5,7H2,(H,12,15). The summed E-state index contributed by atoms with van der Waals surface area (Å²) in [5.74, 6) is 0.561. The molecular weight excluding hydrogens is 192 g/mol. The number of nitrogens with one attached hydrogen (secondary N) is 1. The number of hydrogen-bond donors (Lipinski definition) is 1. The van der Waals surface area contributed by atoms with Gasteiger partial charge in [0.2, 0.25) is 5.91 Å². The molecule has 0 spiro atoms. The van der Waals surface area contributed by atoms with Gasteiger partial charge < -0.3 is 10.2 Å². The van der Waals surface area contributed by atoms with Crippen molar-refractivity contribution in [3.8, 4) is 6.07 Å². The Morgan fingerprint density at radius 1 is 1.60 bits per heavy atom. The Kier molecular flexibility index (Phi) is 2.50. The van der Waals surface area contributed by atoms with Crippen molar-refractivity contribution in [1.82, 2.24) is 10.3 Å². The lowest BCUT2D eigenvalue weighted by atomic mass is 10.2. The Morgan fingerprint density at radius 2 is 2.47 bits per heavy atom. The lowest BCUT2D eigenvalue weighted by Crippen LogP contribution is -2.48. The van der Waals surface area contributed by atoms with E-state index in [-0.39, 0.29) is 12.5 Å². The molecule has 0 aliphatic carbocycles. The Balaban J connectivity index is 2.29. The second-order valence-corrected chi connectivity index (χ2v) is 3.26. The zero-order valence-electron chi connectivity index (χ0n) is 8.10. The summed E-state index contributed by atoms with van der Waals surface area (Å²) in [6.45, 7) is 1.56. The predicted octanol–water partition coefficient (Wildman–Crippen LogP) is -0.111. The van der Waals surface area contributed by atoms with Crippen LogP contribution >= 0.6 is 0 Å². The van der Waals surface area contributed by atoms with Gasteiger partial charge >= 0.3 is 0 Å². The first kappa shape index (κ1) is 9.46. The molecule has 15 heavy (non-hydrogen) atoms. The lowest BCUT2D eigenvalue weighted by molar-refractivity contribution is -0.120. The Morgan fingerprint density at radius 3 is 3.20 bits per heavy atom. The summed E-state index contributed by atoms with van der Waals surface area (Å²) < 4.78 is 0. The van der Waals surface area contributed by atoms with Crippen LogP contribution in [0.15, 0.2) is 18.3 Å². The highest BCUT2D eigenvalue weighted by atomic mass is 16.2. The zero-order valence-corrected chi connectivity index (χ0v) is 8.10. The fraction of sp³-hybridized carbons (Fsp3) is 0.300. The number of carbonyl (C=O) groups excluding carboxylic acids is 1. The van der Waals surface area contributed by atoms with Crippen molar-refractivity contribution in [2.24, 2.45) is 0 Å². The molecule has 0 saturated carbocycles. The zero-order chi connectivity index (χ0) is 10.7. The quantitative estimate of drug-likeness (QED) is 0.689. The number of aromatic nitrogens is 1. The molecule has 5 heteroatoms. The van der Waals surface area contributed by atoms with Crippen molar-refractivity contribution in [1.29, 1.82) is 5.26 Å². The minimum absolute atomic E-state index is 0.0317. The molecule has 2 rings (SSSR count). The van der Waals surface area contributed by atoms with Gasteiger partial charge in [-0.2, -0.15) is 5.26 Å². The third-order valence-electron chi connectivity index (χ3n) is 2.25. The highest BCUT2D eigenvalue weighted by Crippen LogP contribution is 2.16. The first-order valence-corrected chi connectivity index (χ1v) is 4.68. The Bertz CT molecular complexity index is 424. The average molecular weight is 202 g/mol. The number of rotatable bonds is 1. The molecule has 1 aliphatic rings. The topological polar surface area (TPSA) is 69.0 Å². The van der Waals surface area contributed by atoms with Crippen LogP contribution < -0.4 is 10.2 Å². The first-order valence-electron chi connectivity index (χ1n) is 4.68. The fourth-order valence-corrected chi connectivity index (χ4v) is 1.56. The van der Waals surface area contributed by atoms with Crippen LogP contribution in [0.5, 0.6) is 0 Å². The summed E-state index contributed by atoms with van der Waals surface area (Å²) in [7, 11) is 0. The molecule has 1 N–H and O–H groups in total. The monoisotopic (exact) mass is 202 g/mol. The molecule has 0 aromatic carbocycles. The fourth-order valence-electron chi connectivity index (χ4n) is 1.56. The van der Waals surface area contributed by atoms with E-state index in [4.69, 9.17) is 5.26 Å². The minimum atomic E-state index is -0.0317. The van der Waals surface area contributed by atoms with E-state index in [0.29, 0.717) is 24.5 Å². The number of amides is 1. The van der Waals surface area contributed by atoms with Gasteiger partial charge in [0, 0.05) is 19.3 Å². The molecule has 1 aliphatic heterocycles. The molecule has 0 bridgehead atoms. The van der Waals surface area contributed by atoms with Gasteiger partial charge in [-0.15, -0.1) is 0 Å². The van der Waals surface area contributed by atoms with E-state index in [2.05, 4.69) is 16.4 Å². The van der Waals surface area contributed by atoms with Crippen molar-refractivity contribution in [2.45, 2.75) is 0 Å². The molecule has 1 saturated heterocycles. The number of carbonyl (C=O) groups is 1. The van der Waals surface area contributed by atoms with Crippen LogP contribution in [-0.4, -0.2) is 30.5 Å². The van der Waals surface area contributed by atoms with Crippen LogP contribution in [0, 0.1) is 11.3 Å². The summed E-state index contributed by atoms with van der Waals surface area (Å²) in [5.41, 5.74) is 0.507. The van der Waals surface area contributed by atoms with Crippen molar-refractivity contribution in [3.05, 3.63) is 23.9 Å². The molecule has 76 valence electrons. The summed E-state index contributed by atoms with van der Waals surface area (Å²) in [6.07, 6.45) is 1.63. The van der Waals surface area contributed by atoms with E-state index < -0.39 is 0 Å². The van der Waals surface area contributed by atoms with Gasteiger partial charge in [0.05, 0.1) is 12.1 Å². The average Bonchev–Trinajstić information content (AvgIpc) is 2.29.